The molecular formula is C14H15F3N2OS. The van der Waals surface area contributed by atoms with Crippen molar-refractivity contribution >= 4 is 11.3 Å². The second-order valence-electron chi connectivity index (χ2n) is 4.51. The van der Waals surface area contributed by atoms with Crippen LogP contribution in [-0.4, -0.2) is 11.5 Å². The molecule has 2 rings (SSSR count). The van der Waals surface area contributed by atoms with Crippen LogP contribution in [0.3, 0.4) is 0 Å². The van der Waals surface area contributed by atoms with Gasteiger partial charge in [0.1, 0.15) is 12.4 Å². The fourth-order valence-corrected chi connectivity index (χ4v) is 2.47. The maximum atomic E-state index is 13.1. The van der Waals surface area contributed by atoms with Crippen molar-refractivity contribution in [3.8, 4) is 5.75 Å². The molecule has 21 heavy (non-hydrogen) atoms. The number of aromatic nitrogens is 1. The molecule has 0 bridgehead atoms. The fourth-order valence-electron chi connectivity index (χ4n) is 1.87. The molecule has 0 atom stereocenters. The first-order chi connectivity index (χ1) is 9.90. The number of hydrogen-bond acceptors (Lipinski definition) is 4. The van der Waals surface area contributed by atoms with Gasteiger partial charge in [-0.2, -0.15) is 13.2 Å². The molecule has 1 heterocycles. The van der Waals surface area contributed by atoms with Crippen molar-refractivity contribution in [3.63, 3.8) is 0 Å². The van der Waals surface area contributed by atoms with E-state index in [0.29, 0.717) is 24.2 Å². The summed E-state index contributed by atoms with van der Waals surface area (Å²) in [5.74, 6) is -0.186. The molecule has 0 fully saturated rings. The lowest BCUT2D eigenvalue weighted by atomic mass is 10.1. The van der Waals surface area contributed by atoms with E-state index < -0.39 is 11.7 Å². The standard InChI is InChI=1S/C14H15F3N2OS/c1-9-19-11(8-21-9)7-20-13-3-2-10(4-5-18)6-12(13)14(15,16)17/h2-3,6,8H,4-5,7,18H2,1H3. The minimum absolute atomic E-state index is 0.0175. The minimum Gasteiger partial charge on any atom is -0.487 e. The van der Waals surface area contributed by atoms with Gasteiger partial charge in [0.15, 0.2) is 0 Å². The number of nitrogens with zero attached hydrogens (tertiary/aromatic N) is 1. The number of ether oxygens (including phenoxy) is 1. The lowest BCUT2D eigenvalue weighted by molar-refractivity contribution is -0.139. The van der Waals surface area contributed by atoms with Crippen LogP contribution in [-0.2, 0) is 19.2 Å². The molecule has 7 heteroatoms. The molecule has 2 aromatic rings. The van der Waals surface area contributed by atoms with E-state index >= 15 is 0 Å². The largest absolute Gasteiger partial charge is 0.487 e. The van der Waals surface area contributed by atoms with Gasteiger partial charge in [-0.1, -0.05) is 6.07 Å². The second kappa shape index (κ2) is 6.44. The zero-order valence-electron chi connectivity index (χ0n) is 11.4. The van der Waals surface area contributed by atoms with Crippen LogP contribution in [0.5, 0.6) is 5.75 Å². The maximum Gasteiger partial charge on any atom is 0.419 e. The molecule has 1 aromatic carbocycles. The summed E-state index contributed by atoms with van der Waals surface area (Å²) in [4.78, 5) is 4.16. The number of halogens is 3. The summed E-state index contributed by atoms with van der Waals surface area (Å²) in [6, 6.07) is 4.03. The second-order valence-corrected chi connectivity index (χ2v) is 5.58. The van der Waals surface area contributed by atoms with Gasteiger partial charge in [-0.25, -0.2) is 4.98 Å². The van der Waals surface area contributed by atoms with Crippen LogP contribution in [0.25, 0.3) is 0 Å². The molecule has 2 N–H and O–H groups in total. The van der Waals surface area contributed by atoms with Crippen molar-refractivity contribution in [3.05, 3.63) is 45.4 Å². The molecule has 0 saturated carbocycles. The average Bonchev–Trinajstić information content (AvgIpc) is 2.82. The number of alkyl halides is 3. The van der Waals surface area contributed by atoms with Crippen LogP contribution in [0.4, 0.5) is 13.2 Å². The first kappa shape index (κ1) is 15.8. The summed E-state index contributed by atoms with van der Waals surface area (Å²) in [7, 11) is 0. The van der Waals surface area contributed by atoms with E-state index in [1.807, 2.05) is 6.92 Å². The van der Waals surface area contributed by atoms with Crippen LogP contribution in [0, 0.1) is 6.92 Å². The lowest BCUT2D eigenvalue weighted by Gasteiger charge is -2.15. The van der Waals surface area contributed by atoms with Crippen LogP contribution in [0.15, 0.2) is 23.6 Å². The van der Waals surface area contributed by atoms with Gasteiger partial charge in [-0.15, -0.1) is 11.3 Å². The highest BCUT2D eigenvalue weighted by atomic mass is 32.1. The number of nitrogens with two attached hydrogens (primary N) is 1. The Kier molecular flexibility index (Phi) is 4.84. The van der Waals surface area contributed by atoms with Gasteiger partial charge in [0, 0.05) is 5.38 Å². The third kappa shape index (κ3) is 4.18. The Morgan fingerprint density at radius 3 is 2.67 bits per heavy atom. The van der Waals surface area contributed by atoms with E-state index in [9.17, 15) is 13.2 Å². The minimum atomic E-state index is -4.46. The Morgan fingerprint density at radius 1 is 1.33 bits per heavy atom. The molecule has 3 nitrogen and oxygen atoms in total. The molecule has 1 aromatic heterocycles. The monoisotopic (exact) mass is 316 g/mol. The smallest absolute Gasteiger partial charge is 0.419 e. The van der Waals surface area contributed by atoms with Crippen LogP contribution >= 0.6 is 11.3 Å². The Morgan fingerprint density at radius 2 is 2.10 bits per heavy atom. The van der Waals surface area contributed by atoms with E-state index in [0.717, 1.165) is 11.1 Å². The maximum absolute atomic E-state index is 13.1. The normalized spacial score (nSPS) is 11.7. The predicted octanol–water partition coefficient (Wildman–Crippen LogP) is 3.55. The predicted molar refractivity (Wildman–Crippen MR) is 75.4 cm³/mol. The van der Waals surface area contributed by atoms with Gasteiger partial charge < -0.3 is 10.5 Å². The summed E-state index contributed by atoms with van der Waals surface area (Å²) >= 11 is 1.43. The number of hydrogen-bond donors (Lipinski definition) is 1. The summed E-state index contributed by atoms with van der Waals surface area (Å²) in [5, 5.41) is 2.62. The van der Waals surface area contributed by atoms with Crippen molar-refractivity contribution in [2.24, 2.45) is 5.73 Å². The molecule has 0 aliphatic carbocycles. The molecule has 114 valence electrons. The number of aryl methyl sites for hydroxylation is 1. The Hall–Kier alpha value is -1.60. The van der Waals surface area contributed by atoms with E-state index in [2.05, 4.69) is 4.98 Å². The summed E-state index contributed by atoms with van der Waals surface area (Å²) in [6.45, 7) is 2.15. The number of benzene rings is 1. The first-order valence-electron chi connectivity index (χ1n) is 6.34. The molecule has 0 saturated heterocycles. The van der Waals surface area contributed by atoms with Crippen LogP contribution in [0.2, 0.25) is 0 Å². The lowest BCUT2D eigenvalue weighted by Crippen LogP contribution is -2.11. The van der Waals surface area contributed by atoms with E-state index in [4.69, 9.17) is 10.5 Å². The SMILES string of the molecule is Cc1nc(COc2ccc(CCN)cc2C(F)(F)F)cs1. The zero-order valence-corrected chi connectivity index (χ0v) is 12.2. The summed E-state index contributed by atoms with van der Waals surface area (Å²) < 4.78 is 44.5. The topological polar surface area (TPSA) is 48.1 Å². The highest BCUT2D eigenvalue weighted by Gasteiger charge is 2.34. The van der Waals surface area contributed by atoms with Gasteiger partial charge in [0.2, 0.25) is 0 Å². The first-order valence-corrected chi connectivity index (χ1v) is 7.22. The van der Waals surface area contributed by atoms with E-state index in [1.54, 1.807) is 11.4 Å². The zero-order chi connectivity index (χ0) is 15.5. The van der Waals surface area contributed by atoms with Gasteiger partial charge >= 0.3 is 6.18 Å². The fraction of sp³-hybridized carbons (Fsp3) is 0.357. The van der Waals surface area contributed by atoms with E-state index in [1.165, 1.54) is 17.4 Å². The quantitative estimate of drug-likeness (QED) is 0.917. The third-order valence-corrected chi connectivity index (χ3v) is 3.65. The molecule has 0 aliphatic rings. The van der Waals surface area contributed by atoms with Crippen LogP contribution in [0.1, 0.15) is 21.8 Å². The molecule has 0 amide bonds. The Labute approximate surface area is 124 Å². The number of rotatable bonds is 5. The van der Waals surface area contributed by atoms with Crippen molar-refractivity contribution in [2.75, 3.05) is 6.54 Å². The van der Waals surface area contributed by atoms with Crippen molar-refractivity contribution in [2.45, 2.75) is 26.1 Å². The molecule has 0 radical (unpaired) electrons. The van der Waals surface area contributed by atoms with Gasteiger partial charge in [0.05, 0.1) is 16.3 Å². The molecule has 0 aliphatic heterocycles. The van der Waals surface area contributed by atoms with Gasteiger partial charge in [0.25, 0.3) is 0 Å². The molecular weight excluding hydrogens is 301 g/mol. The van der Waals surface area contributed by atoms with Crippen molar-refractivity contribution in [1.82, 2.24) is 4.98 Å². The van der Waals surface area contributed by atoms with Crippen LogP contribution < -0.4 is 10.5 Å². The van der Waals surface area contributed by atoms with E-state index in [-0.39, 0.29) is 12.4 Å². The van der Waals surface area contributed by atoms with Gasteiger partial charge in [-0.05, 0) is 37.6 Å². The average molecular weight is 316 g/mol. The Balaban J connectivity index is 2.21. The van der Waals surface area contributed by atoms with Crippen molar-refractivity contribution < 1.29 is 17.9 Å². The third-order valence-electron chi connectivity index (χ3n) is 2.82. The molecule has 0 unspecified atom stereocenters. The molecule has 0 spiro atoms. The number of thiazole rings is 1. The highest BCUT2D eigenvalue weighted by molar-refractivity contribution is 7.09. The Bertz CT molecular complexity index is 611. The van der Waals surface area contributed by atoms with Gasteiger partial charge in [-0.3, -0.25) is 0 Å². The highest BCUT2D eigenvalue weighted by Crippen LogP contribution is 2.37. The van der Waals surface area contributed by atoms with Crippen molar-refractivity contribution in [1.29, 1.82) is 0 Å². The summed E-state index contributed by atoms with van der Waals surface area (Å²) in [5.41, 5.74) is 5.76. The summed E-state index contributed by atoms with van der Waals surface area (Å²) in [6.07, 6.45) is -4.06.